The first kappa shape index (κ1) is 9.53. The number of aliphatic hydroxyl groups is 1. The fourth-order valence-electron chi connectivity index (χ4n) is 0. The van der Waals surface area contributed by atoms with Crippen LogP contribution in [0.3, 0.4) is 0 Å². The zero-order chi connectivity index (χ0) is 3.41. The molecule has 0 saturated heterocycles. The molecule has 0 heterocycles. The average molecular weight is 279 g/mol. The molecule has 0 atom stereocenters. The maximum absolute atomic E-state index is 7.80. The molecule has 0 unspecified atom stereocenters. The summed E-state index contributed by atoms with van der Waals surface area (Å²) >= 11 is 3.67. The summed E-state index contributed by atoms with van der Waals surface area (Å²) in [6, 6.07) is 0. The van der Waals surface area contributed by atoms with Gasteiger partial charge in [0.25, 0.3) is 0 Å². The van der Waals surface area contributed by atoms with Crippen molar-refractivity contribution in [3.05, 3.63) is 0 Å². The van der Waals surface area contributed by atoms with Crippen molar-refractivity contribution in [1.82, 2.24) is 0 Å². The third kappa shape index (κ3) is 11.0. The molecule has 0 aromatic carbocycles. The van der Waals surface area contributed by atoms with Gasteiger partial charge in [0.05, 0.1) is 6.61 Å². The van der Waals surface area contributed by atoms with Crippen LogP contribution >= 0.6 is 12.6 Å². The van der Waals surface area contributed by atoms with Crippen molar-refractivity contribution < 1.29 is 32.8 Å². The molecule has 0 aromatic heterocycles. The van der Waals surface area contributed by atoms with Gasteiger partial charge in [-0.2, -0.15) is 12.6 Å². The first-order chi connectivity index (χ1) is 1.91. The summed E-state index contributed by atoms with van der Waals surface area (Å²) in [6.45, 7) is 0.184. The molecule has 0 aliphatic carbocycles. The minimum atomic E-state index is 0. The van der Waals surface area contributed by atoms with Crippen LogP contribution in [0.5, 0.6) is 0 Å². The largest absolute Gasteiger partial charge is 0.396 e. The van der Waals surface area contributed by atoms with Crippen LogP contribution in [0.4, 0.5) is 0 Å². The van der Waals surface area contributed by atoms with E-state index < -0.39 is 0 Å². The van der Waals surface area contributed by atoms with Crippen molar-refractivity contribution in [3.63, 3.8) is 0 Å². The summed E-state index contributed by atoms with van der Waals surface area (Å²) in [5.41, 5.74) is 0. The standard InChI is InChI=1S/C2H6OS.Hg/c3-1-2-4;/h3-4H,1-2H2;. The van der Waals surface area contributed by atoms with E-state index in [1.807, 2.05) is 0 Å². The van der Waals surface area contributed by atoms with Crippen molar-refractivity contribution in [2.24, 2.45) is 0 Å². The Balaban J connectivity index is 0. The maximum atomic E-state index is 7.80. The molecule has 0 amide bonds. The smallest absolute Gasteiger partial charge is 0.0519 e. The second kappa shape index (κ2) is 8.98. The zero-order valence-corrected chi connectivity index (χ0v) is 9.41. The fraction of sp³-hybridized carbons (Fsp3) is 1.00. The van der Waals surface area contributed by atoms with E-state index in [1.54, 1.807) is 0 Å². The molecule has 28 valence electrons. The van der Waals surface area contributed by atoms with E-state index in [1.165, 1.54) is 0 Å². The normalized spacial score (nSPS) is 6.00. The van der Waals surface area contributed by atoms with E-state index in [4.69, 9.17) is 5.11 Å². The fourth-order valence-corrected chi connectivity index (χ4v) is 0. The molecule has 0 aromatic rings. The summed E-state index contributed by atoms with van der Waals surface area (Å²) in [6.07, 6.45) is 0. The topological polar surface area (TPSA) is 20.2 Å². The minimum absolute atomic E-state index is 0. The van der Waals surface area contributed by atoms with Crippen molar-refractivity contribution in [2.75, 3.05) is 12.4 Å². The van der Waals surface area contributed by atoms with Crippen molar-refractivity contribution >= 4 is 12.6 Å². The second-order valence-electron chi connectivity index (χ2n) is 0.447. The molecule has 3 heteroatoms. The first-order valence-electron chi connectivity index (χ1n) is 1.13. The van der Waals surface area contributed by atoms with E-state index in [0.717, 1.165) is 0 Å². The Kier molecular flexibility index (Phi) is 17.1. The predicted octanol–water partition coefficient (Wildman–Crippen LogP) is -0.0940. The molecular weight excluding hydrogens is 273 g/mol. The van der Waals surface area contributed by atoms with Gasteiger partial charge in [-0.1, -0.05) is 0 Å². The van der Waals surface area contributed by atoms with Gasteiger partial charge in [-0.05, 0) is 0 Å². The van der Waals surface area contributed by atoms with Crippen LogP contribution in [0, 0.1) is 0 Å². The molecule has 0 saturated carbocycles. The molecule has 0 bridgehead atoms. The van der Waals surface area contributed by atoms with Crippen molar-refractivity contribution in [3.8, 4) is 0 Å². The molecule has 0 rings (SSSR count). The molecule has 0 aliphatic heterocycles. The summed E-state index contributed by atoms with van der Waals surface area (Å²) < 4.78 is 0. The third-order valence-electron chi connectivity index (χ3n) is 0.1000. The molecule has 0 spiro atoms. The molecule has 1 nitrogen and oxygen atoms in total. The van der Waals surface area contributed by atoms with Crippen LogP contribution in [-0.4, -0.2) is 17.5 Å². The van der Waals surface area contributed by atoms with Gasteiger partial charge >= 0.3 is 0 Å². The van der Waals surface area contributed by atoms with Gasteiger partial charge in [0.2, 0.25) is 0 Å². The van der Waals surface area contributed by atoms with Gasteiger partial charge in [0.1, 0.15) is 0 Å². The molecule has 0 radical (unpaired) electrons. The summed E-state index contributed by atoms with van der Waals surface area (Å²) in [7, 11) is 0. The number of hydrogen-bond donors (Lipinski definition) is 2. The van der Waals surface area contributed by atoms with Crippen LogP contribution in [-0.2, 0) is 27.7 Å². The Labute approximate surface area is 57.7 Å². The van der Waals surface area contributed by atoms with Gasteiger partial charge in [0.15, 0.2) is 0 Å². The van der Waals surface area contributed by atoms with E-state index in [0.29, 0.717) is 5.75 Å². The number of hydrogen-bond acceptors (Lipinski definition) is 2. The van der Waals surface area contributed by atoms with E-state index >= 15 is 0 Å². The molecule has 1 N–H and O–H groups in total. The maximum Gasteiger partial charge on any atom is 0.0519 e. The second-order valence-corrected chi connectivity index (χ2v) is 0.894. The van der Waals surface area contributed by atoms with Gasteiger partial charge in [-0.3, -0.25) is 0 Å². The summed E-state index contributed by atoms with van der Waals surface area (Å²) in [4.78, 5) is 0. The van der Waals surface area contributed by atoms with E-state index in [-0.39, 0.29) is 34.3 Å². The van der Waals surface area contributed by atoms with E-state index in [2.05, 4.69) is 12.6 Å². The number of thiol groups is 1. The Morgan fingerprint density at radius 3 is 1.80 bits per heavy atom. The average Bonchev–Trinajstić information content (AvgIpc) is 1.37. The quantitative estimate of drug-likeness (QED) is 0.507. The Morgan fingerprint density at radius 2 is 1.80 bits per heavy atom. The SMILES string of the molecule is OCCS.[Hg]. The van der Waals surface area contributed by atoms with E-state index in [9.17, 15) is 0 Å². The summed E-state index contributed by atoms with van der Waals surface area (Å²) in [5.74, 6) is 0.569. The van der Waals surface area contributed by atoms with Crippen molar-refractivity contribution in [1.29, 1.82) is 0 Å². The van der Waals surface area contributed by atoms with Gasteiger partial charge < -0.3 is 5.11 Å². The van der Waals surface area contributed by atoms with Crippen LogP contribution in [0.1, 0.15) is 0 Å². The molecular formula is C2H6HgOS. The third-order valence-corrected chi connectivity index (χ3v) is 0.300. The van der Waals surface area contributed by atoms with Crippen LogP contribution in [0.2, 0.25) is 0 Å². The molecule has 0 fully saturated rings. The van der Waals surface area contributed by atoms with Crippen molar-refractivity contribution in [2.45, 2.75) is 0 Å². The molecule has 0 aliphatic rings. The van der Waals surface area contributed by atoms with Gasteiger partial charge in [0, 0.05) is 33.4 Å². The monoisotopic (exact) mass is 280 g/mol. The predicted molar refractivity (Wildman–Crippen MR) is 20.9 cm³/mol. The van der Waals surface area contributed by atoms with Crippen LogP contribution in [0.15, 0.2) is 0 Å². The van der Waals surface area contributed by atoms with Gasteiger partial charge in [-0.15, -0.1) is 0 Å². The van der Waals surface area contributed by atoms with Gasteiger partial charge in [-0.25, -0.2) is 0 Å². The Morgan fingerprint density at radius 1 is 1.60 bits per heavy atom. The molecule has 5 heavy (non-hydrogen) atoms. The Hall–Kier alpha value is 1.25. The van der Waals surface area contributed by atoms with Crippen LogP contribution < -0.4 is 0 Å². The number of rotatable bonds is 1. The summed E-state index contributed by atoms with van der Waals surface area (Å²) in [5, 5.41) is 7.80. The number of aliphatic hydroxyl groups excluding tert-OH is 1. The first-order valence-corrected chi connectivity index (χ1v) is 1.76. The minimum Gasteiger partial charge on any atom is -0.396 e. The zero-order valence-electron chi connectivity index (χ0n) is 3.02. The Bertz CT molecular complexity index is 11.6. The van der Waals surface area contributed by atoms with Crippen LogP contribution in [0.25, 0.3) is 0 Å².